The van der Waals surface area contributed by atoms with Gasteiger partial charge in [0, 0.05) is 17.4 Å². The molecule has 0 aliphatic heterocycles. The summed E-state index contributed by atoms with van der Waals surface area (Å²) in [6, 6.07) is 20.6. The largest absolute Gasteiger partial charge is 0.497 e. The molecule has 0 unspecified atom stereocenters. The van der Waals surface area contributed by atoms with Crippen LogP contribution < -0.4 is 10.2 Å². The molecule has 0 spiro atoms. The van der Waals surface area contributed by atoms with E-state index in [1.54, 1.807) is 37.6 Å². The number of amides is 1. The summed E-state index contributed by atoms with van der Waals surface area (Å²) < 4.78 is 7.06. The van der Waals surface area contributed by atoms with Crippen LogP contribution in [-0.4, -0.2) is 23.8 Å². The summed E-state index contributed by atoms with van der Waals surface area (Å²) in [7, 11) is 1.58. The summed E-state index contributed by atoms with van der Waals surface area (Å²) in [4.78, 5) is 12.1. The Kier molecular flexibility index (Phi) is 4.72. The molecule has 5 heteroatoms. The van der Waals surface area contributed by atoms with Crippen LogP contribution in [0.3, 0.4) is 0 Å². The molecule has 3 aromatic rings. The van der Waals surface area contributed by atoms with Crippen molar-refractivity contribution in [3.63, 3.8) is 0 Å². The van der Waals surface area contributed by atoms with Gasteiger partial charge in [0.2, 0.25) is 0 Å². The zero-order valence-corrected chi connectivity index (χ0v) is 13.2. The lowest BCUT2D eigenvalue weighted by Gasteiger charge is -2.05. The van der Waals surface area contributed by atoms with Gasteiger partial charge in [-0.25, -0.2) is 5.43 Å². The highest BCUT2D eigenvalue weighted by Crippen LogP contribution is 2.12. The number of para-hydroxylation sites is 1. The highest BCUT2D eigenvalue weighted by Gasteiger charge is 2.04. The van der Waals surface area contributed by atoms with Crippen molar-refractivity contribution in [1.82, 2.24) is 9.99 Å². The van der Waals surface area contributed by atoms with E-state index in [4.69, 9.17) is 4.74 Å². The van der Waals surface area contributed by atoms with Crippen LogP contribution in [0.2, 0.25) is 0 Å². The molecule has 24 heavy (non-hydrogen) atoms. The van der Waals surface area contributed by atoms with E-state index in [0.29, 0.717) is 11.3 Å². The second-order valence-electron chi connectivity index (χ2n) is 5.07. The molecule has 0 fully saturated rings. The lowest BCUT2D eigenvalue weighted by Crippen LogP contribution is -2.17. The number of carbonyl (C=O) groups is 1. The predicted octanol–water partition coefficient (Wildman–Crippen LogP) is 3.25. The van der Waals surface area contributed by atoms with Crippen molar-refractivity contribution in [3.8, 4) is 11.4 Å². The third kappa shape index (κ3) is 3.52. The average molecular weight is 319 g/mol. The quantitative estimate of drug-likeness (QED) is 0.580. The van der Waals surface area contributed by atoms with E-state index in [1.165, 1.54) is 0 Å². The number of carbonyl (C=O) groups excluding carboxylic acids is 1. The minimum Gasteiger partial charge on any atom is -0.497 e. The molecule has 0 saturated carbocycles. The number of rotatable bonds is 5. The second-order valence-corrected chi connectivity index (χ2v) is 5.07. The first kappa shape index (κ1) is 15.6. The van der Waals surface area contributed by atoms with Gasteiger partial charge in [-0.1, -0.05) is 18.2 Å². The first-order chi connectivity index (χ1) is 11.8. The molecule has 1 aromatic heterocycles. The van der Waals surface area contributed by atoms with E-state index in [0.717, 1.165) is 11.4 Å². The molecular weight excluding hydrogens is 302 g/mol. The fourth-order valence-corrected chi connectivity index (χ4v) is 2.29. The second kappa shape index (κ2) is 7.28. The lowest BCUT2D eigenvalue weighted by molar-refractivity contribution is 0.0955. The lowest BCUT2D eigenvalue weighted by atomic mass is 10.2. The number of aromatic nitrogens is 1. The van der Waals surface area contributed by atoms with Gasteiger partial charge in [0.1, 0.15) is 5.75 Å². The van der Waals surface area contributed by atoms with Crippen LogP contribution in [0, 0.1) is 0 Å². The van der Waals surface area contributed by atoms with Crippen LogP contribution >= 0.6 is 0 Å². The Balaban J connectivity index is 1.68. The summed E-state index contributed by atoms with van der Waals surface area (Å²) >= 11 is 0. The standard InChI is InChI=1S/C19H17N3O2/c1-24-18-11-9-15(10-12-18)19(23)21-20-14-17-8-5-13-22(17)16-6-3-2-4-7-16/h2-14H,1H3,(H,21,23)/b20-14-. The summed E-state index contributed by atoms with van der Waals surface area (Å²) in [5.74, 6) is 0.433. The monoisotopic (exact) mass is 319 g/mol. The molecule has 0 radical (unpaired) electrons. The zero-order valence-electron chi connectivity index (χ0n) is 13.2. The highest BCUT2D eigenvalue weighted by atomic mass is 16.5. The van der Waals surface area contributed by atoms with Crippen molar-refractivity contribution >= 4 is 12.1 Å². The van der Waals surface area contributed by atoms with Crippen molar-refractivity contribution in [3.05, 3.63) is 84.2 Å². The molecule has 0 bridgehead atoms. The molecule has 0 atom stereocenters. The van der Waals surface area contributed by atoms with Crippen LogP contribution in [0.15, 0.2) is 78.0 Å². The summed E-state index contributed by atoms with van der Waals surface area (Å²) in [5.41, 5.74) is 4.95. The molecule has 3 rings (SSSR count). The predicted molar refractivity (Wildman–Crippen MR) is 93.8 cm³/mol. The molecule has 5 nitrogen and oxygen atoms in total. The van der Waals surface area contributed by atoms with Gasteiger partial charge in [-0.3, -0.25) is 4.79 Å². The van der Waals surface area contributed by atoms with E-state index < -0.39 is 0 Å². The maximum atomic E-state index is 12.1. The number of nitrogens with one attached hydrogen (secondary N) is 1. The first-order valence-electron chi connectivity index (χ1n) is 7.48. The van der Waals surface area contributed by atoms with E-state index in [9.17, 15) is 4.79 Å². The van der Waals surface area contributed by atoms with Crippen LogP contribution in [0.25, 0.3) is 5.69 Å². The topological polar surface area (TPSA) is 55.6 Å². The Labute approximate surface area is 140 Å². The van der Waals surface area contributed by atoms with Crippen LogP contribution in [-0.2, 0) is 0 Å². The summed E-state index contributed by atoms with van der Waals surface area (Å²) in [6.07, 6.45) is 3.57. The normalized spacial score (nSPS) is 10.7. The fourth-order valence-electron chi connectivity index (χ4n) is 2.29. The molecule has 1 amide bonds. The number of hydrazone groups is 1. The Bertz CT molecular complexity index is 837. The van der Waals surface area contributed by atoms with E-state index in [1.807, 2.05) is 53.2 Å². The Morgan fingerprint density at radius 3 is 2.50 bits per heavy atom. The van der Waals surface area contributed by atoms with Gasteiger partial charge in [0.05, 0.1) is 19.0 Å². The van der Waals surface area contributed by atoms with Gasteiger partial charge >= 0.3 is 0 Å². The van der Waals surface area contributed by atoms with Gasteiger partial charge in [0.25, 0.3) is 5.91 Å². The van der Waals surface area contributed by atoms with Crippen molar-refractivity contribution in [2.75, 3.05) is 7.11 Å². The number of ether oxygens (including phenoxy) is 1. The number of methoxy groups -OCH3 is 1. The maximum Gasteiger partial charge on any atom is 0.271 e. The molecule has 2 aromatic carbocycles. The highest BCUT2D eigenvalue weighted by molar-refractivity contribution is 5.94. The van der Waals surface area contributed by atoms with Gasteiger partial charge < -0.3 is 9.30 Å². The van der Waals surface area contributed by atoms with Crippen LogP contribution in [0.5, 0.6) is 5.75 Å². The Hall–Kier alpha value is -3.34. The minimum atomic E-state index is -0.272. The summed E-state index contributed by atoms with van der Waals surface area (Å²) in [5, 5.41) is 4.04. The number of hydrogen-bond donors (Lipinski definition) is 1. The van der Waals surface area contributed by atoms with E-state index >= 15 is 0 Å². The number of hydrogen-bond acceptors (Lipinski definition) is 3. The van der Waals surface area contributed by atoms with Gasteiger partial charge in [0.15, 0.2) is 0 Å². The average Bonchev–Trinajstić information content (AvgIpc) is 3.11. The van der Waals surface area contributed by atoms with Gasteiger partial charge in [-0.05, 0) is 48.5 Å². The molecular formula is C19H17N3O2. The molecule has 120 valence electrons. The van der Waals surface area contributed by atoms with Gasteiger partial charge in [-0.15, -0.1) is 0 Å². The maximum absolute atomic E-state index is 12.1. The number of nitrogens with zero attached hydrogens (tertiary/aromatic N) is 2. The number of benzene rings is 2. The van der Waals surface area contributed by atoms with Crippen molar-refractivity contribution in [2.24, 2.45) is 5.10 Å². The molecule has 1 N–H and O–H groups in total. The molecule has 1 heterocycles. The third-order valence-corrected chi connectivity index (χ3v) is 3.53. The van der Waals surface area contributed by atoms with Crippen LogP contribution in [0.1, 0.15) is 16.1 Å². The van der Waals surface area contributed by atoms with E-state index in [2.05, 4.69) is 10.5 Å². The smallest absolute Gasteiger partial charge is 0.271 e. The summed E-state index contributed by atoms with van der Waals surface area (Å²) in [6.45, 7) is 0. The zero-order chi connectivity index (χ0) is 16.8. The molecule has 0 aliphatic carbocycles. The van der Waals surface area contributed by atoms with Crippen molar-refractivity contribution in [2.45, 2.75) is 0 Å². The van der Waals surface area contributed by atoms with E-state index in [-0.39, 0.29) is 5.91 Å². The Morgan fingerprint density at radius 1 is 1.04 bits per heavy atom. The molecule has 0 saturated heterocycles. The third-order valence-electron chi connectivity index (χ3n) is 3.53. The molecule has 0 aliphatic rings. The first-order valence-corrected chi connectivity index (χ1v) is 7.48. The SMILES string of the molecule is COc1ccc(C(=O)N/N=C\c2cccn2-c2ccccc2)cc1. The van der Waals surface area contributed by atoms with Crippen molar-refractivity contribution in [1.29, 1.82) is 0 Å². The van der Waals surface area contributed by atoms with Crippen LogP contribution in [0.4, 0.5) is 0 Å². The minimum absolute atomic E-state index is 0.272. The fraction of sp³-hybridized carbons (Fsp3) is 0.0526. The Morgan fingerprint density at radius 2 is 1.79 bits per heavy atom. The van der Waals surface area contributed by atoms with Crippen molar-refractivity contribution < 1.29 is 9.53 Å². The van der Waals surface area contributed by atoms with Gasteiger partial charge in [-0.2, -0.15) is 5.10 Å².